The minimum absolute atomic E-state index is 0.274. The van der Waals surface area contributed by atoms with Crippen LogP contribution >= 0.6 is 0 Å². The van der Waals surface area contributed by atoms with Gasteiger partial charge in [-0.25, -0.2) is 4.68 Å². The van der Waals surface area contributed by atoms with Crippen molar-refractivity contribution >= 4 is 0 Å². The molecule has 0 unspecified atom stereocenters. The first kappa shape index (κ1) is 13.4. The lowest BCUT2D eigenvalue weighted by Crippen LogP contribution is -2.00. The molecule has 0 amide bonds. The monoisotopic (exact) mass is 278 g/mol. The average Bonchev–Trinajstić information content (AvgIpc) is 2.85. The number of hydrogen-bond acceptors (Lipinski definition) is 2. The number of aryl methyl sites for hydroxylation is 2. The molecular weight excluding hydrogens is 260 g/mol. The number of nitrogens with zero attached hydrogens (tertiary/aromatic N) is 2. The summed E-state index contributed by atoms with van der Waals surface area (Å²) in [6.07, 6.45) is 0.699. The third kappa shape index (κ3) is 2.31. The van der Waals surface area contributed by atoms with Crippen molar-refractivity contribution in [1.29, 1.82) is 0 Å². The van der Waals surface area contributed by atoms with E-state index in [2.05, 4.69) is 5.10 Å². The van der Waals surface area contributed by atoms with E-state index in [9.17, 15) is 5.11 Å². The highest BCUT2D eigenvalue weighted by molar-refractivity contribution is 5.72. The zero-order valence-electron chi connectivity index (χ0n) is 12.2. The van der Waals surface area contributed by atoms with E-state index in [1.807, 2.05) is 73.1 Å². The highest BCUT2D eigenvalue weighted by atomic mass is 16.3. The van der Waals surface area contributed by atoms with Gasteiger partial charge in [-0.15, -0.1) is 0 Å². The maximum absolute atomic E-state index is 10.6. The molecule has 21 heavy (non-hydrogen) atoms. The molecule has 1 aromatic heterocycles. The number of aromatic hydroxyl groups is 1. The van der Waals surface area contributed by atoms with Crippen molar-refractivity contribution in [1.82, 2.24) is 9.78 Å². The largest absolute Gasteiger partial charge is 0.504 e. The quantitative estimate of drug-likeness (QED) is 0.782. The molecule has 0 aliphatic carbocycles. The second-order valence-electron chi connectivity index (χ2n) is 5.06. The van der Waals surface area contributed by atoms with Crippen molar-refractivity contribution in [2.45, 2.75) is 20.3 Å². The van der Waals surface area contributed by atoms with Crippen LogP contribution in [-0.4, -0.2) is 14.9 Å². The van der Waals surface area contributed by atoms with Crippen LogP contribution in [0.5, 0.6) is 5.75 Å². The van der Waals surface area contributed by atoms with E-state index >= 15 is 0 Å². The average molecular weight is 278 g/mol. The van der Waals surface area contributed by atoms with Crippen LogP contribution in [0.25, 0.3) is 16.9 Å². The van der Waals surface area contributed by atoms with Crippen LogP contribution in [0.4, 0.5) is 0 Å². The summed E-state index contributed by atoms with van der Waals surface area (Å²) in [7, 11) is 0. The van der Waals surface area contributed by atoms with Crippen LogP contribution in [0, 0.1) is 6.92 Å². The molecule has 0 bridgehead atoms. The Morgan fingerprint density at radius 1 is 1.00 bits per heavy atom. The predicted octanol–water partition coefficient (Wildman–Crippen LogP) is 4.12. The van der Waals surface area contributed by atoms with Gasteiger partial charge in [0.05, 0.1) is 5.69 Å². The van der Waals surface area contributed by atoms with Gasteiger partial charge in [0.1, 0.15) is 11.4 Å². The molecule has 1 heterocycles. The summed E-state index contributed by atoms with van der Waals surface area (Å²) >= 11 is 0. The van der Waals surface area contributed by atoms with Crippen LogP contribution in [0.15, 0.2) is 54.6 Å². The molecule has 0 atom stereocenters. The molecule has 0 aliphatic rings. The van der Waals surface area contributed by atoms with Crippen LogP contribution < -0.4 is 0 Å². The van der Waals surface area contributed by atoms with E-state index in [1.165, 1.54) is 0 Å². The molecule has 3 nitrogen and oxygen atoms in total. The molecule has 3 heteroatoms. The Hall–Kier alpha value is -2.55. The summed E-state index contributed by atoms with van der Waals surface area (Å²) in [4.78, 5) is 0. The summed E-state index contributed by atoms with van der Waals surface area (Å²) in [5.41, 5.74) is 4.55. The Morgan fingerprint density at radius 2 is 1.67 bits per heavy atom. The molecule has 1 N–H and O–H groups in total. The Morgan fingerprint density at radius 3 is 2.33 bits per heavy atom. The summed E-state index contributed by atoms with van der Waals surface area (Å²) in [5, 5.41) is 15.1. The lowest BCUT2D eigenvalue weighted by Gasteiger charge is -2.10. The van der Waals surface area contributed by atoms with Crippen LogP contribution in [0.3, 0.4) is 0 Å². The zero-order valence-corrected chi connectivity index (χ0v) is 12.2. The van der Waals surface area contributed by atoms with Gasteiger partial charge in [-0.3, -0.25) is 0 Å². The molecule has 0 fully saturated rings. The van der Waals surface area contributed by atoms with Gasteiger partial charge in [-0.2, -0.15) is 5.10 Å². The fraction of sp³-hybridized carbons (Fsp3) is 0.167. The fourth-order valence-electron chi connectivity index (χ4n) is 2.53. The third-order valence-electron chi connectivity index (χ3n) is 3.67. The molecule has 0 spiro atoms. The molecule has 2 aromatic carbocycles. The fourth-order valence-corrected chi connectivity index (χ4v) is 2.53. The Labute approximate surface area is 124 Å². The smallest absolute Gasteiger partial charge is 0.165 e. The Balaban J connectivity index is 2.29. The van der Waals surface area contributed by atoms with Crippen molar-refractivity contribution < 1.29 is 5.11 Å². The molecule has 106 valence electrons. The maximum Gasteiger partial charge on any atom is 0.165 e. The lowest BCUT2D eigenvalue weighted by atomic mass is 10.0. The molecular formula is C18H18N2O. The van der Waals surface area contributed by atoms with Gasteiger partial charge in [0.25, 0.3) is 0 Å². The maximum atomic E-state index is 10.6. The summed E-state index contributed by atoms with van der Waals surface area (Å²) in [5.74, 6) is 0.274. The topological polar surface area (TPSA) is 38.0 Å². The molecule has 3 aromatic rings. The third-order valence-corrected chi connectivity index (χ3v) is 3.67. The number of benzene rings is 2. The van der Waals surface area contributed by atoms with Crippen molar-refractivity contribution in [2.24, 2.45) is 0 Å². The summed E-state index contributed by atoms with van der Waals surface area (Å²) < 4.78 is 1.83. The van der Waals surface area contributed by atoms with E-state index < -0.39 is 0 Å². The Bertz CT molecular complexity index is 760. The van der Waals surface area contributed by atoms with Gasteiger partial charge in [-0.05, 0) is 31.0 Å². The number of para-hydroxylation sites is 1. The van der Waals surface area contributed by atoms with Crippen LogP contribution in [-0.2, 0) is 6.42 Å². The number of hydrogen-bond donors (Lipinski definition) is 1. The van der Waals surface area contributed by atoms with Crippen molar-refractivity contribution in [3.63, 3.8) is 0 Å². The predicted molar refractivity (Wildman–Crippen MR) is 84.8 cm³/mol. The van der Waals surface area contributed by atoms with Gasteiger partial charge in [0.15, 0.2) is 5.75 Å². The minimum atomic E-state index is 0.274. The van der Waals surface area contributed by atoms with E-state index in [-0.39, 0.29) is 5.75 Å². The van der Waals surface area contributed by atoms with E-state index in [0.717, 1.165) is 28.2 Å². The van der Waals surface area contributed by atoms with Crippen molar-refractivity contribution in [3.05, 3.63) is 65.9 Å². The minimum Gasteiger partial charge on any atom is -0.504 e. The zero-order chi connectivity index (χ0) is 14.8. The first-order valence-corrected chi connectivity index (χ1v) is 7.14. The number of rotatable bonds is 3. The van der Waals surface area contributed by atoms with E-state index in [4.69, 9.17) is 0 Å². The number of aromatic nitrogens is 2. The second kappa shape index (κ2) is 5.44. The molecule has 0 saturated heterocycles. The van der Waals surface area contributed by atoms with Gasteiger partial charge in [0, 0.05) is 5.56 Å². The van der Waals surface area contributed by atoms with E-state index in [1.54, 1.807) is 0 Å². The Kier molecular flexibility index (Phi) is 3.48. The van der Waals surface area contributed by atoms with Crippen molar-refractivity contribution in [3.8, 4) is 22.7 Å². The normalized spacial score (nSPS) is 10.8. The van der Waals surface area contributed by atoms with Gasteiger partial charge in [0.2, 0.25) is 0 Å². The molecule has 0 saturated carbocycles. The summed E-state index contributed by atoms with van der Waals surface area (Å²) in [6, 6.07) is 18.0. The van der Waals surface area contributed by atoms with Gasteiger partial charge < -0.3 is 5.11 Å². The van der Waals surface area contributed by atoms with Gasteiger partial charge in [-0.1, -0.05) is 49.4 Å². The standard InChI is InChI=1S/C18H18N2O/c1-3-16-18(21)17(15-12-8-7-9-13(15)2)20(19-16)14-10-5-4-6-11-14/h4-12,21H,3H2,1-2H3. The van der Waals surface area contributed by atoms with Crippen molar-refractivity contribution in [2.75, 3.05) is 0 Å². The highest BCUT2D eigenvalue weighted by Gasteiger charge is 2.19. The summed E-state index contributed by atoms with van der Waals surface area (Å²) in [6.45, 7) is 4.04. The molecule has 0 aliphatic heterocycles. The highest BCUT2D eigenvalue weighted by Crippen LogP contribution is 2.36. The van der Waals surface area contributed by atoms with E-state index in [0.29, 0.717) is 6.42 Å². The second-order valence-corrected chi connectivity index (χ2v) is 5.06. The lowest BCUT2D eigenvalue weighted by molar-refractivity contribution is 0.471. The van der Waals surface area contributed by atoms with Crippen LogP contribution in [0.2, 0.25) is 0 Å². The first-order chi connectivity index (χ1) is 10.2. The first-order valence-electron chi connectivity index (χ1n) is 7.14. The van der Waals surface area contributed by atoms with Gasteiger partial charge >= 0.3 is 0 Å². The van der Waals surface area contributed by atoms with Crippen LogP contribution in [0.1, 0.15) is 18.2 Å². The molecule has 3 rings (SSSR count). The SMILES string of the molecule is CCc1nn(-c2ccccc2)c(-c2ccccc2C)c1O. The molecule has 0 radical (unpaired) electrons.